The van der Waals surface area contributed by atoms with Crippen LogP contribution >= 0.6 is 24.0 Å². The highest BCUT2D eigenvalue weighted by atomic mass is 35.5. The third-order valence-corrected chi connectivity index (χ3v) is 4.55. The lowest BCUT2D eigenvalue weighted by molar-refractivity contribution is -0.126. The SMILES string of the molecule is CC(C)(C(=O)NC1CCC(N)CC1)c1ccccc1Cl.Cl. The van der Waals surface area contributed by atoms with E-state index in [2.05, 4.69) is 5.32 Å². The fourth-order valence-electron chi connectivity index (χ4n) is 2.72. The van der Waals surface area contributed by atoms with E-state index in [9.17, 15) is 4.79 Å². The van der Waals surface area contributed by atoms with Crippen molar-refractivity contribution in [2.75, 3.05) is 0 Å². The van der Waals surface area contributed by atoms with Crippen LogP contribution in [0.15, 0.2) is 24.3 Å². The zero-order valence-corrected chi connectivity index (χ0v) is 14.1. The molecule has 0 aliphatic heterocycles. The van der Waals surface area contributed by atoms with E-state index in [4.69, 9.17) is 17.3 Å². The number of carbonyl (C=O) groups excluding carboxylic acids is 1. The van der Waals surface area contributed by atoms with Crippen LogP contribution in [-0.4, -0.2) is 18.0 Å². The maximum Gasteiger partial charge on any atom is 0.230 e. The molecule has 3 nitrogen and oxygen atoms in total. The van der Waals surface area contributed by atoms with E-state index < -0.39 is 5.41 Å². The molecule has 1 aromatic carbocycles. The first-order valence-electron chi connectivity index (χ1n) is 7.23. The first-order chi connectivity index (χ1) is 9.41. The molecule has 1 aromatic rings. The molecule has 0 heterocycles. The topological polar surface area (TPSA) is 55.1 Å². The van der Waals surface area contributed by atoms with Crippen LogP contribution in [0.4, 0.5) is 0 Å². The summed E-state index contributed by atoms with van der Waals surface area (Å²) in [6.45, 7) is 3.83. The second-order valence-electron chi connectivity index (χ2n) is 6.19. The maximum absolute atomic E-state index is 12.6. The highest BCUT2D eigenvalue weighted by Crippen LogP contribution is 2.30. The van der Waals surface area contributed by atoms with E-state index in [-0.39, 0.29) is 24.4 Å². The maximum atomic E-state index is 12.6. The second kappa shape index (κ2) is 7.48. The Labute approximate surface area is 138 Å². The summed E-state index contributed by atoms with van der Waals surface area (Å²) in [6, 6.07) is 8.06. The molecule has 0 atom stereocenters. The van der Waals surface area contributed by atoms with Crippen molar-refractivity contribution < 1.29 is 4.79 Å². The molecule has 3 N–H and O–H groups in total. The van der Waals surface area contributed by atoms with Crippen molar-refractivity contribution in [2.24, 2.45) is 5.73 Å². The molecule has 1 fully saturated rings. The van der Waals surface area contributed by atoms with Gasteiger partial charge in [-0.3, -0.25) is 4.79 Å². The van der Waals surface area contributed by atoms with Crippen LogP contribution in [0.5, 0.6) is 0 Å². The number of carbonyl (C=O) groups is 1. The standard InChI is InChI=1S/C16H23ClN2O.ClH/c1-16(2,13-5-3-4-6-14(13)17)15(20)19-12-9-7-11(18)8-10-12;/h3-6,11-12H,7-10,18H2,1-2H3,(H,19,20);1H. The van der Waals surface area contributed by atoms with E-state index in [1.165, 1.54) is 0 Å². The lowest BCUT2D eigenvalue weighted by atomic mass is 9.82. The van der Waals surface area contributed by atoms with Crippen molar-refractivity contribution in [1.29, 1.82) is 0 Å². The van der Waals surface area contributed by atoms with Gasteiger partial charge in [0.15, 0.2) is 0 Å². The highest BCUT2D eigenvalue weighted by Gasteiger charge is 2.33. The number of nitrogens with two attached hydrogens (primary N) is 1. The molecule has 1 aliphatic rings. The van der Waals surface area contributed by atoms with Gasteiger partial charge in [0.25, 0.3) is 0 Å². The molecular weight excluding hydrogens is 307 g/mol. The Kier molecular flexibility index (Phi) is 6.51. The Morgan fingerprint density at radius 2 is 1.81 bits per heavy atom. The van der Waals surface area contributed by atoms with Gasteiger partial charge in [-0.1, -0.05) is 29.8 Å². The van der Waals surface area contributed by atoms with E-state index in [1.807, 2.05) is 38.1 Å². The molecule has 118 valence electrons. The van der Waals surface area contributed by atoms with Crippen LogP contribution in [0.2, 0.25) is 5.02 Å². The molecular formula is C16H24Cl2N2O. The lowest BCUT2D eigenvalue weighted by Gasteiger charge is -2.31. The van der Waals surface area contributed by atoms with Crippen molar-refractivity contribution in [3.8, 4) is 0 Å². The molecule has 1 saturated carbocycles. The van der Waals surface area contributed by atoms with Crippen molar-refractivity contribution in [3.05, 3.63) is 34.9 Å². The average molecular weight is 331 g/mol. The molecule has 2 rings (SSSR count). The first-order valence-corrected chi connectivity index (χ1v) is 7.60. The Bertz CT molecular complexity index is 483. The quantitative estimate of drug-likeness (QED) is 0.892. The number of hydrogen-bond acceptors (Lipinski definition) is 2. The van der Waals surface area contributed by atoms with Crippen LogP contribution in [0, 0.1) is 0 Å². The van der Waals surface area contributed by atoms with Gasteiger partial charge in [0, 0.05) is 17.1 Å². The minimum Gasteiger partial charge on any atom is -0.353 e. The van der Waals surface area contributed by atoms with Crippen molar-refractivity contribution in [2.45, 2.75) is 57.0 Å². The minimum atomic E-state index is -0.627. The van der Waals surface area contributed by atoms with E-state index in [0.717, 1.165) is 31.2 Å². The number of amides is 1. The zero-order valence-electron chi connectivity index (χ0n) is 12.6. The summed E-state index contributed by atoms with van der Waals surface area (Å²) in [4.78, 5) is 12.6. The molecule has 5 heteroatoms. The Morgan fingerprint density at radius 1 is 1.24 bits per heavy atom. The summed E-state index contributed by atoms with van der Waals surface area (Å²) in [5.41, 5.74) is 6.13. The molecule has 0 bridgehead atoms. The summed E-state index contributed by atoms with van der Waals surface area (Å²) in [5, 5.41) is 3.79. The van der Waals surface area contributed by atoms with E-state index >= 15 is 0 Å². The summed E-state index contributed by atoms with van der Waals surface area (Å²) < 4.78 is 0. The molecule has 0 radical (unpaired) electrons. The van der Waals surface area contributed by atoms with Crippen LogP contribution in [0.1, 0.15) is 45.1 Å². The van der Waals surface area contributed by atoms with Gasteiger partial charge in [-0.25, -0.2) is 0 Å². The van der Waals surface area contributed by atoms with Gasteiger partial charge >= 0.3 is 0 Å². The van der Waals surface area contributed by atoms with Crippen LogP contribution in [-0.2, 0) is 10.2 Å². The second-order valence-corrected chi connectivity index (χ2v) is 6.60. The lowest BCUT2D eigenvalue weighted by Crippen LogP contribution is -2.47. The third kappa shape index (κ3) is 4.35. The highest BCUT2D eigenvalue weighted by molar-refractivity contribution is 6.31. The predicted octanol–water partition coefficient (Wildman–Crippen LogP) is 3.43. The van der Waals surface area contributed by atoms with Gasteiger partial charge in [0.1, 0.15) is 0 Å². The van der Waals surface area contributed by atoms with Crippen molar-refractivity contribution in [3.63, 3.8) is 0 Å². The zero-order chi connectivity index (χ0) is 14.8. The van der Waals surface area contributed by atoms with Crippen LogP contribution < -0.4 is 11.1 Å². The number of nitrogens with one attached hydrogen (secondary N) is 1. The fraction of sp³-hybridized carbons (Fsp3) is 0.562. The molecule has 0 aromatic heterocycles. The molecule has 0 unspecified atom stereocenters. The number of rotatable bonds is 3. The normalized spacial score (nSPS) is 22.3. The molecule has 1 aliphatic carbocycles. The Hall–Kier alpha value is -0.770. The monoisotopic (exact) mass is 330 g/mol. The molecule has 0 spiro atoms. The first kappa shape index (κ1) is 18.3. The average Bonchev–Trinajstić information content (AvgIpc) is 2.41. The van der Waals surface area contributed by atoms with Crippen LogP contribution in [0.25, 0.3) is 0 Å². The van der Waals surface area contributed by atoms with Gasteiger partial charge < -0.3 is 11.1 Å². The largest absolute Gasteiger partial charge is 0.353 e. The molecule has 21 heavy (non-hydrogen) atoms. The Balaban J connectivity index is 0.00000220. The van der Waals surface area contributed by atoms with Gasteiger partial charge in [0.05, 0.1) is 5.41 Å². The van der Waals surface area contributed by atoms with Gasteiger partial charge in [0.2, 0.25) is 5.91 Å². The smallest absolute Gasteiger partial charge is 0.230 e. The van der Waals surface area contributed by atoms with Crippen LogP contribution in [0.3, 0.4) is 0 Å². The fourth-order valence-corrected chi connectivity index (χ4v) is 3.09. The summed E-state index contributed by atoms with van der Waals surface area (Å²) in [6.07, 6.45) is 3.89. The minimum absolute atomic E-state index is 0. The third-order valence-electron chi connectivity index (χ3n) is 4.22. The van der Waals surface area contributed by atoms with Gasteiger partial charge in [-0.2, -0.15) is 0 Å². The summed E-state index contributed by atoms with van der Waals surface area (Å²) in [7, 11) is 0. The predicted molar refractivity (Wildman–Crippen MR) is 90.1 cm³/mol. The van der Waals surface area contributed by atoms with E-state index in [1.54, 1.807) is 0 Å². The summed E-state index contributed by atoms with van der Waals surface area (Å²) in [5.74, 6) is 0.0334. The number of benzene rings is 1. The number of halogens is 2. The van der Waals surface area contributed by atoms with Crippen molar-refractivity contribution >= 4 is 29.9 Å². The Morgan fingerprint density at radius 3 is 2.38 bits per heavy atom. The number of hydrogen-bond donors (Lipinski definition) is 2. The van der Waals surface area contributed by atoms with E-state index in [0.29, 0.717) is 11.1 Å². The van der Waals surface area contributed by atoms with Crippen molar-refractivity contribution in [1.82, 2.24) is 5.32 Å². The molecule has 1 amide bonds. The molecule has 0 saturated heterocycles. The van der Waals surface area contributed by atoms with Gasteiger partial charge in [-0.05, 0) is 51.2 Å². The summed E-state index contributed by atoms with van der Waals surface area (Å²) >= 11 is 6.22. The van der Waals surface area contributed by atoms with Gasteiger partial charge in [-0.15, -0.1) is 12.4 Å².